The van der Waals surface area contributed by atoms with Gasteiger partial charge in [-0.25, -0.2) is 0 Å². The predicted octanol–water partition coefficient (Wildman–Crippen LogP) is 6.38. The first kappa shape index (κ1) is 27.3. The highest BCUT2D eigenvalue weighted by Gasteiger charge is 2.52. The summed E-state index contributed by atoms with van der Waals surface area (Å²) in [6.07, 6.45) is -7.77. The number of hydrogen-bond acceptors (Lipinski definition) is 2. The number of hydrogen-bond donors (Lipinski definition) is 0. The minimum Gasteiger partial charge on any atom is -0.323 e. The van der Waals surface area contributed by atoms with Gasteiger partial charge in [-0.1, -0.05) is 72.8 Å². The Morgan fingerprint density at radius 3 is 1.25 bits per heavy atom. The van der Waals surface area contributed by atoms with E-state index in [9.17, 15) is 35.9 Å². The van der Waals surface area contributed by atoms with E-state index in [1.807, 2.05) is 0 Å². The van der Waals surface area contributed by atoms with Crippen LogP contribution >= 0.6 is 0 Å². The monoisotopic (exact) mass is 512 g/mol. The van der Waals surface area contributed by atoms with E-state index < -0.39 is 48.3 Å². The molecule has 0 bridgehead atoms. The molecule has 2 aromatic carbocycles. The van der Waals surface area contributed by atoms with Crippen molar-refractivity contribution < 1.29 is 35.9 Å². The van der Waals surface area contributed by atoms with Crippen molar-refractivity contribution in [3.63, 3.8) is 0 Å². The van der Waals surface area contributed by atoms with Crippen molar-refractivity contribution in [1.82, 2.24) is 9.80 Å². The molecule has 36 heavy (non-hydrogen) atoms. The third-order valence-corrected chi connectivity index (χ3v) is 6.43. The highest BCUT2D eigenvalue weighted by atomic mass is 19.4. The number of carbonyl (C=O) groups is 2. The number of nitrogens with zero attached hydrogens (tertiary/aromatic N) is 2. The van der Waals surface area contributed by atoms with Crippen molar-refractivity contribution in [2.24, 2.45) is 0 Å². The second-order valence-corrected chi connectivity index (χ2v) is 8.67. The molecule has 2 aromatic rings. The van der Waals surface area contributed by atoms with Gasteiger partial charge in [0.05, 0.1) is 24.2 Å². The largest absolute Gasteiger partial charge is 0.471 e. The van der Waals surface area contributed by atoms with E-state index in [-0.39, 0.29) is 12.8 Å². The average molecular weight is 512 g/mol. The summed E-state index contributed by atoms with van der Waals surface area (Å²) in [6.45, 7) is 2.79. The molecule has 1 aliphatic rings. The third kappa shape index (κ3) is 5.91. The topological polar surface area (TPSA) is 40.6 Å². The lowest BCUT2D eigenvalue weighted by molar-refractivity contribution is -0.198. The standard InChI is InChI=1S/C26H26F6N2O2/c1-17(19-11-5-3-6-12-19)33(23(35)25(27,28)29)21-15-9-10-16-22(21)34(24(36)26(30,31)32)18(2)20-13-7-4-8-14-20/h3-14,17-18,21-22H,15-16H2,1-2H3/t17-,18-,21+,22+/m0/s1. The lowest BCUT2D eigenvalue weighted by Gasteiger charge is -2.47. The lowest BCUT2D eigenvalue weighted by Crippen LogP contribution is -2.60. The van der Waals surface area contributed by atoms with Gasteiger partial charge in [0.25, 0.3) is 0 Å². The van der Waals surface area contributed by atoms with Crippen LogP contribution in [0.25, 0.3) is 0 Å². The summed E-state index contributed by atoms with van der Waals surface area (Å²) in [7, 11) is 0. The van der Waals surface area contributed by atoms with Crippen LogP contribution in [-0.2, 0) is 9.59 Å². The van der Waals surface area contributed by atoms with Gasteiger partial charge in [0.15, 0.2) is 0 Å². The SMILES string of the molecule is C[C@@H](c1ccccc1)N(C(=O)C(F)(F)F)[C@@H]1CC=CC[C@H]1N(C(=O)C(F)(F)F)[C@@H](C)c1ccccc1. The molecule has 4 atom stereocenters. The minimum absolute atomic E-state index is 0.146. The zero-order chi connectivity index (χ0) is 26.7. The van der Waals surface area contributed by atoms with Crippen molar-refractivity contribution in [3.05, 3.63) is 83.9 Å². The summed E-state index contributed by atoms with van der Waals surface area (Å²) >= 11 is 0. The first-order valence-corrected chi connectivity index (χ1v) is 11.4. The molecule has 0 unspecified atom stereocenters. The zero-order valence-electron chi connectivity index (χ0n) is 19.6. The number of halogens is 6. The van der Waals surface area contributed by atoms with Crippen LogP contribution in [0.1, 0.15) is 49.9 Å². The Kier molecular flexibility index (Phi) is 8.15. The van der Waals surface area contributed by atoms with Gasteiger partial charge in [-0.2, -0.15) is 26.3 Å². The molecule has 0 saturated carbocycles. The number of alkyl halides is 6. The van der Waals surface area contributed by atoms with Gasteiger partial charge in [-0.05, 0) is 37.8 Å². The Labute approximate surface area is 205 Å². The predicted molar refractivity (Wildman–Crippen MR) is 121 cm³/mol. The number of benzene rings is 2. The molecule has 0 radical (unpaired) electrons. The number of rotatable bonds is 6. The van der Waals surface area contributed by atoms with Gasteiger partial charge in [-0.15, -0.1) is 0 Å². The maximum atomic E-state index is 13.8. The molecule has 1 aliphatic carbocycles. The Hall–Kier alpha value is -3.30. The van der Waals surface area contributed by atoms with Gasteiger partial charge in [0.1, 0.15) is 0 Å². The van der Waals surface area contributed by atoms with Crippen molar-refractivity contribution in [3.8, 4) is 0 Å². The van der Waals surface area contributed by atoms with Crippen LogP contribution in [0.5, 0.6) is 0 Å². The van der Waals surface area contributed by atoms with E-state index in [0.717, 1.165) is 0 Å². The van der Waals surface area contributed by atoms with Gasteiger partial charge in [0, 0.05) is 0 Å². The van der Waals surface area contributed by atoms with Crippen LogP contribution in [0.15, 0.2) is 72.8 Å². The minimum atomic E-state index is -5.27. The summed E-state index contributed by atoms with van der Waals surface area (Å²) in [5.74, 6) is -4.34. The number of carbonyl (C=O) groups excluding carboxylic acids is 2. The van der Waals surface area contributed by atoms with E-state index in [0.29, 0.717) is 20.9 Å². The first-order chi connectivity index (χ1) is 16.8. The summed E-state index contributed by atoms with van der Waals surface area (Å²) in [5.41, 5.74) is 0.765. The Morgan fingerprint density at radius 1 is 0.667 bits per heavy atom. The van der Waals surface area contributed by atoms with E-state index in [4.69, 9.17) is 0 Å². The van der Waals surface area contributed by atoms with Gasteiger partial charge < -0.3 is 9.80 Å². The van der Waals surface area contributed by atoms with Crippen LogP contribution in [0, 0.1) is 0 Å². The second kappa shape index (κ2) is 10.8. The molecular weight excluding hydrogens is 486 g/mol. The third-order valence-electron chi connectivity index (χ3n) is 6.43. The molecule has 4 nitrogen and oxygen atoms in total. The molecule has 3 rings (SSSR count). The van der Waals surface area contributed by atoms with Crippen LogP contribution < -0.4 is 0 Å². The van der Waals surface area contributed by atoms with Crippen molar-refractivity contribution in [1.29, 1.82) is 0 Å². The molecule has 0 aromatic heterocycles. The normalized spacial score (nSPS) is 19.9. The average Bonchev–Trinajstić information content (AvgIpc) is 2.85. The van der Waals surface area contributed by atoms with Crippen LogP contribution in [0.4, 0.5) is 26.3 Å². The number of amides is 2. The molecule has 0 aliphatic heterocycles. The zero-order valence-corrected chi connectivity index (χ0v) is 19.6. The summed E-state index contributed by atoms with van der Waals surface area (Å²) < 4.78 is 82.6. The van der Waals surface area contributed by atoms with Crippen molar-refractivity contribution in [2.45, 2.75) is 63.2 Å². The fourth-order valence-electron chi connectivity index (χ4n) is 4.69. The molecule has 2 amide bonds. The fraction of sp³-hybridized carbons (Fsp3) is 0.385. The van der Waals surface area contributed by atoms with Crippen molar-refractivity contribution >= 4 is 11.8 Å². The summed E-state index contributed by atoms with van der Waals surface area (Å²) in [5, 5.41) is 0. The Bertz CT molecular complexity index is 984. The molecule has 0 fully saturated rings. The molecule has 0 spiro atoms. The molecule has 0 heterocycles. The first-order valence-electron chi connectivity index (χ1n) is 11.4. The highest BCUT2D eigenvalue weighted by molar-refractivity contribution is 5.84. The molecule has 0 N–H and O–H groups in total. The molecule has 10 heteroatoms. The highest BCUT2D eigenvalue weighted by Crippen LogP contribution is 2.38. The Morgan fingerprint density at radius 2 is 0.972 bits per heavy atom. The van der Waals surface area contributed by atoms with Crippen LogP contribution in [0.2, 0.25) is 0 Å². The molecule has 0 saturated heterocycles. The van der Waals surface area contributed by atoms with E-state index >= 15 is 0 Å². The maximum absolute atomic E-state index is 13.8. The lowest BCUT2D eigenvalue weighted by atomic mass is 9.88. The molecular formula is C26H26F6N2O2. The maximum Gasteiger partial charge on any atom is 0.471 e. The van der Waals surface area contributed by atoms with Gasteiger partial charge in [0.2, 0.25) is 0 Å². The quantitative estimate of drug-likeness (QED) is 0.333. The Balaban J connectivity index is 2.14. The van der Waals surface area contributed by atoms with Crippen molar-refractivity contribution in [2.75, 3.05) is 0 Å². The second-order valence-electron chi connectivity index (χ2n) is 8.67. The smallest absolute Gasteiger partial charge is 0.323 e. The summed E-state index contributed by atoms with van der Waals surface area (Å²) in [6, 6.07) is 10.9. The van der Waals surface area contributed by atoms with Gasteiger partial charge in [-0.3, -0.25) is 9.59 Å². The van der Waals surface area contributed by atoms with Crippen LogP contribution in [0.3, 0.4) is 0 Å². The summed E-state index contributed by atoms with van der Waals surface area (Å²) in [4.78, 5) is 26.6. The fourth-order valence-corrected chi connectivity index (χ4v) is 4.69. The van der Waals surface area contributed by atoms with E-state index in [1.54, 1.807) is 60.7 Å². The van der Waals surface area contributed by atoms with E-state index in [1.165, 1.54) is 26.0 Å². The van der Waals surface area contributed by atoms with Gasteiger partial charge >= 0.3 is 24.2 Å². The van der Waals surface area contributed by atoms with E-state index in [2.05, 4.69) is 0 Å². The van der Waals surface area contributed by atoms with Crippen LogP contribution in [-0.4, -0.2) is 46.1 Å². The molecule has 194 valence electrons.